The molecule has 0 aromatic heterocycles. The van der Waals surface area contributed by atoms with E-state index in [0.29, 0.717) is 5.96 Å². The zero-order chi connectivity index (χ0) is 18.2. The van der Waals surface area contributed by atoms with Gasteiger partial charge in [0, 0.05) is 24.7 Å². The molecule has 2 aromatic carbocycles. The number of nitrogens with one attached hydrogen (secondary N) is 3. The van der Waals surface area contributed by atoms with E-state index in [4.69, 9.17) is 0 Å². The van der Waals surface area contributed by atoms with E-state index in [-0.39, 0.29) is 41.8 Å². The molecule has 0 unspecified atom stereocenters. The van der Waals surface area contributed by atoms with E-state index in [1.807, 2.05) is 30.3 Å². The number of halogens is 1. The van der Waals surface area contributed by atoms with Gasteiger partial charge in [-0.15, -0.1) is 24.0 Å². The lowest BCUT2D eigenvalue weighted by molar-refractivity contribution is -0.115. The van der Waals surface area contributed by atoms with E-state index in [9.17, 15) is 4.79 Å². The normalized spacial score (nSPS) is 15.1. The average molecular weight is 478 g/mol. The molecule has 0 spiro atoms. The number of guanidine groups is 1. The van der Waals surface area contributed by atoms with Crippen molar-refractivity contribution in [3.05, 3.63) is 66.2 Å². The molecular formula is C21H27IN4O. The third-order valence-corrected chi connectivity index (χ3v) is 4.99. The fourth-order valence-electron chi connectivity index (χ4n) is 3.33. The van der Waals surface area contributed by atoms with Gasteiger partial charge in [-0.3, -0.25) is 9.79 Å². The van der Waals surface area contributed by atoms with Gasteiger partial charge in [0.2, 0.25) is 5.91 Å². The maximum absolute atomic E-state index is 12.1. The van der Waals surface area contributed by atoms with Crippen LogP contribution in [0.25, 0.3) is 0 Å². The monoisotopic (exact) mass is 478 g/mol. The van der Waals surface area contributed by atoms with Gasteiger partial charge in [-0.05, 0) is 30.5 Å². The first kappa shape index (κ1) is 21.2. The van der Waals surface area contributed by atoms with Crippen molar-refractivity contribution in [1.82, 2.24) is 10.6 Å². The van der Waals surface area contributed by atoms with Crippen molar-refractivity contribution >= 4 is 41.5 Å². The Balaban J connectivity index is 0.00000261. The number of anilines is 1. The second-order valence-electron chi connectivity index (χ2n) is 6.69. The number of carbonyl (C=O) groups is 1. The summed E-state index contributed by atoms with van der Waals surface area (Å²) in [5, 5.41) is 9.34. The molecule has 0 aliphatic heterocycles. The summed E-state index contributed by atoms with van der Waals surface area (Å²) in [6, 6.07) is 20.1. The lowest BCUT2D eigenvalue weighted by Crippen LogP contribution is -2.49. The van der Waals surface area contributed by atoms with E-state index in [1.54, 1.807) is 7.05 Å². The molecule has 1 fully saturated rings. The van der Waals surface area contributed by atoms with Gasteiger partial charge in [-0.2, -0.15) is 0 Å². The number of hydrogen-bond donors (Lipinski definition) is 3. The Labute approximate surface area is 178 Å². The Kier molecular flexibility index (Phi) is 8.09. The summed E-state index contributed by atoms with van der Waals surface area (Å²) in [6.45, 7) is 0.990. The highest BCUT2D eigenvalue weighted by Gasteiger charge is 2.38. The van der Waals surface area contributed by atoms with Crippen molar-refractivity contribution in [2.75, 3.05) is 25.5 Å². The molecule has 0 atom stereocenters. The lowest BCUT2D eigenvalue weighted by atomic mass is 9.64. The number of amides is 1. The first-order valence-electron chi connectivity index (χ1n) is 9.07. The maximum Gasteiger partial charge on any atom is 0.243 e. The Bertz CT molecular complexity index is 745. The van der Waals surface area contributed by atoms with Gasteiger partial charge in [-0.1, -0.05) is 55.0 Å². The SMILES string of the molecule is CN=C(NCC(=O)Nc1ccccc1)NCC1(c2ccccc2)CCC1.I. The van der Waals surface area contributed by atoms with Gasteiger partial charge < -0.3 is 16.0 Å². The minimum absolute atomic E-state index is 0. The molecule has 144 valence electrons. The number of rotatable bonds is 6. The van der Waals surface area contributed by atoms with E-state index in [1.165, 1.54) is 24.8 Å². The molecule has 2 aromatic rings. The molecule has 1 amide bonds. The summed E-state index contributed by atoms with van der Waals surface area (Å²) in [6.07, 6.45) is 3.60. The zero-order valence-corrected chi connectivity index (χ0v) is 17.9. The van der Waals surface area contributed by atoms with E-state index < -0.39 is 0 Å². The molecular weight excluding hydrogens is 451 g/mol. The molecule has 6 heteroatoms. The summed E-state index contributed by atoms with van der Waals surface area (Å²) < 4.78 is 0. The highest BCUT2D eigenvalue weighted by molar-refractivity contribution is 14.0. The standard InChI is InChI=1S/C21H26N4O.HI/c1-22-20(23-15-19(26)25-18-11-6-3-7-12-18)24-16-21(13-8-14-21)17-9-4-2-5-10-17;/h2-7,9-12H,8,13-16H2,1H3,(H,25,26)(H2,22,23,24);1H. The predicted octanol–water partition coefficient (Wildman–Crippen LogP) is 3.53. The average Bonchev–Trinajstić information content (AvgIpc) is 2.65. The fourth-order valence-corrected chi connectivity index (χ4v) is 3.33. The van der Waals surface area contributed by atoms with Gasteiger partial charge in [0.25, 0.3) is 0 Å². The Morgan fingerprint density at radius 2 is 1.63 bits per heavy atom. The van der Waals surface area contributed by atoms with Crippen LogP contribution in [0, 0.1) is 0 Å². The third-order valence-electron chi connectivity index (χ3n) is 4.99. The Hall–Kier alpha value is -2.09. The van der Waals surface area contributed by atoms with Crippen molar-refractivity contribution in [3.63, 3.8) is 0 Å². The van der Waals surface area contributed by atoms with Crippen molar-refractivity contribution in [2.45, 2.75) is 24.7 Å². The van der Waals surface area contributed by atoms with Crippen LogP contribution in [-0.4, -0.2) is 32.0 Å². The number of para-hydroxylation sites is 1. The summed E-state index contributed by atoms with van der Waals surface area (Å²) in [7, 11) is 1.72. The molecule has 0 heterocycles. The van der Waals surface area contributed by atoms with Crippen LogP contribution in [0.5, 0.6) is 0 Å². The van der Waals surface area contributed by atoms with Gasteiger partial charge >= 0.3 is 0 Å². The van der Waals surface area contributed by atoms with Crippen LogP contribution in [0.3, 0.4) is 0 Å². The highest BCUT2D eigenvalue weighted by Crippen LogP contribution is 2.43. The molecule has 3 rings (SSSR count). The quantitative estimate of drug-likeness (QED) is 0.338. The minimum atomic E-state index is -0.0967. The zero-order valence-electron chi connectivity index (χ0n) is 15.6. The first-order valence-corrected chi connectivity index (χ1v) is 9.07. The lowest BCUT2D eigenvalue weighted by Gasteiger charge is -2.43. The van der Waals surface area contributed by atoms with Crippen LogP contribution in [0.2, 0.25) is 0 Å². The maximum atomic E-state index is 12.1. The summed E-state index contributed by atoms with van der Waals surface area (Å²) in [4.78, 5) is 16.3. The van der Waals surface area contributed by atoms with E-state index in [2.05, 4.69) is 51.3 Å². The first-order chi connectivity index (χ1) is 12.7. The largest absolute Gasteiger partial charge is 0.356 e. The topological polar surface area (TPSA) is 65.5 Å². The molecule has 3 N–H and O–H groups in total. The van der Waals surface area contributed by atoms with Crippen LogP contribution < -0.4 is 16.0 Å². The summed E-state index contributed by atoms with van der Waals surface area (Å²) in [5.41, 5.74) is 2.33. The van der Waals surface area contributed by atoms with Gasteiger partial charge in [-0.25, -0.2) is 0 Å². The smallest absolute Gasteiger partial charge is 0.243 e. The van der Waals surface area contributed by atoms with E-state index in [0.717, 1.165) is 12.2 Å². The Morgan fingerprint density at radius 3 is 2.19 bits per heavy atom. The number of carbonyl (C=O) groups excluding carboxylic acids is 1. The van der Waals surface area contributed by atoms with E-state index >= 15 is 0 Å². The fraction of sp³-hybridized carbons (Fsp3) is 0.333. The molecule has 1 aliphatic rings. The number of aliphatic imine (C=N–C) groups is 1. The third kappa shape index (κ3) is 5.69. The molecule has 1 saturated carbocycles. The number of nitrogens with zero attached hydrogens (tertiary/aromatic N) is 1. The number of benzene rings is 2. The van der Waals surface area contributed by atoms with Gasteiger partial charge in [0.15, 0.2) is 5.96 Å². The van der Waals surface area contributed by atoms with Crippen molar-refractivity contribution < 1.29 is 4.79 Å². The van der Waals surface area contributed by atoms with Crippen molar-refractivity contribution in [3.8, 4) is 0 Å². The molecule has 1 aliphatic carbocycles. The molecule has 27 heavy (non-hydrogen) atoms. The van der Waals surface area contributed by atoms with Crippen molar-refractivity contribution in [2.24, 2.45) is 4.99 Å². The second kappa shape index (κ2) is 10.3. The summed E-state index contributed by atoms with van der Waals surface area (Å²) >= 11 is 0. The predicted molar refractivity (Wildman–Crippen MR) is 122 cm³/mol. The minimum Gasteiger partial charge on any atom is -0.356 e. The van der Waals surface area contributed by atoms with Crippen molar-refractivity contribution in [1.29, 1.82) is 0 Å². The van der Waals surface area contributed by atoms with Crippen LogP contribution in [0.4, 0.5) is 5.69 Å². The summed E-state index contributed by atoms with van der Waals surface area (Å²) in [5.74, 6) is 0.552. The molecule has 5 nitrogen and oxygen atoms in total. The number of hydrogen-bond acceptors (Lipinski definition) is 2. The molecule has 0 radical (unpaired) electrons. The highest BCUT2D eigenvalue weighted by atomic mass is 127. The molecule has 0 bridgehead atoms. The van der Waals surface area contributed by atoms with Crippen LogP contribution >= 0.6 is 24.0 Å². The van der Waals surface area contributed by atoms with Crippen LogP contribution in [0.15, 0.2) is 65.7 Å². The van der Waals surface area contributed by atoms with Crippen LogP contribution in [-0.2, 0) is 10.2 Å². The Morgan fingerprint density at radius 1 is 1.00 bits per heavy atom. The van der Waals surface area contributed by atoms with Gasteiger partial charge in [0.1, 0.15) is 0 Å². The van der Waals surface area contributed by atoms with Gasteiger partial charge in [0.05, 0.1) is 6.54 Å². The van der Waals surface area contributed by atoms with Crippen LogP contribution in [0.1, 0.15) is 24.8 Å². The molecule has 0 saturated heterocycles. The second-order valence-corrected chi connectivity index (χ2v) is 6.69.